The van der Waals surface area contributed by atoms with E-state index < -0.39 is 12.1 Å². The Morgan fingerprint density at radius 2 is 0.842 bits per heavy atom. The zero-order valence-corrected chi connectivity index (χ0v) is 38.3. The third kappa shape index (κ3) is 44.0. The third-order valence-corrected chi connectivity index (χ3v) is 11.8. The number of rotatable bonds is 47. The fourth-order valence-electron chi connectivity index (χ4n) is 7.86. The molecule has 57 heavy (non-hydrogen) atoms. The van der Waals surface area contributed by atoms with Crippen molar-refractivity contribution in [3.05, 3.63) is 12.2 Å². The molecular formula is C51H99NO5. The second kappa shape index (κ2) is 47.3. The van der Waals surface area contributed by atoms with Crippen LogP contribution in [0.25, 0.3) is 0 Å². The largest absolute Gasteiger partial charge is 0.466 e. The number of aliphatic hydroxyl groups excluding tert-OH is 2. The van der Waals surface area contributed by atoms with Crippen LogP contribution in [-0.2, 0) is 14.3 Å². The highest BCUT2D eigenvalue weighted by molar-refractivity contribution is 5.76. The molecule has 1 amide bonds. The van der Waals surface area contributed by atoms with Gasteiger partial charge in [-0.2, -0.15) is 0 Å². The molecule has 6 heteroatoms. The fraction of sp³-hybridized carbons (Fsp3) is 0.922. The second-order valence-corrected chi connectivity index (χ2v) is 17.5. The van der Waals surface area contributed by atoms with Crippen LogP contribution >= 0.6 is 0 Å². The smallest absolute Gasteiger partial charge is 0.305 e. The number of hydrogen-bond acceptors (Lipinski definition) is 5. The Morgan fingerprint density at radius 1 is 0.474 bits per heavy atom. The molecule has 0 saturated carbocycles. The summed E-state index contributed by atoms with van der Waals surface area (Å²) in [6.07, 6.45) is 53.2. The molecule has 0 fully saturated rings. The first kappa shape index (κ1) is 55.6. The molecule has 0 aliphatic heterocycles. The first-order chi connectivity index (χ1) is 28.0. The van der Waals surface area contributed by atoms with E-state index in [0.29, 0.717) is 25.9 Å². The van der Waals surface area contributed by atoms with Crippen LogP contribution in [-0.4, -0.2) is 47.4 Å². The first-order valence-electron chi connectivity index (χ1n) is 25.4. The zero-order chi connectivity index (χ0) is 41.5. The van der Waals surface area contributed by atoms with Crippen LogP contribution in [0.4, 0.5) is 0 Å². The minimum Gasteiger partial charge on any atom is -0.466 e. The number of allylic oxidation sites excluding steroid dienone is 2. The van der Waals surface area contributed by atoms with E-state index in [-0.39, 0.29) is 18.5 Å². The van der Waals surface area contributed by atoms with E-state index in [1.807, 2.05) is 0 Å². The molecule has 0 aliphatic carbocycles. The third-order valence-electron chi connectivity index (χ3n) is 11.8. The van der Waals surface area contributed by atoms with Crippen LogP contribution in [0.15, 0.2) is 12.2 Å². The first-order valence-corrected chi connectivity index (χ1v) is 25.4. The topological polar surface area (TPSA) is 95.9 Å². The van der Waals surface area contributed by atoms with Crippen molar-refractivity contribution >= 4 is 11.9 Å². The molecule has 0 radical (unpaired) electrons. The van der Waals surface area contributed by atoms with Gasteiger partial charge in [-0.3, -0.25) is 9.59 Å². The van der Waals surface area contributed by atoms with Crippen molar-refractivity contribution in [1.82, 2.24) is 5.32 Å². The highest BCUT2D eigenvalue weighted by Crippen LogP contribution is 2.17. The van der Waals surface area contributed by atoms with Gasteiger partial charge in [0.15, 0.2) is 0 Å². The van der Waals surface area contributed by atoms with Crippen molar-refractivity contribution < 1.29 is 24.5 Å². The average Bonchev–Trinajstić information content (AvgIpc) is 3.21. The Hall–Kier alpha value is -1.40. The number of nitrogens with one attached hydrogen (secondary N) is 1. The average molecular weight is 806 g/mol. The summed E-state index contributed by atoms with van der Waals surface area (Å²) in [7, 11) is 0. The number of hydrogen-bond donors (Lipinski definition) is 3. The van der Waals surface area contributed by atoms with Crippen molar-refractivity contribution in [3.8, 4) is 0 Å². The molecular weight excluding hydrogens is 707 g/mol. The SMILES string of the molecule is CCCC/C=C\CCCCCCCC(=O)OCCCCCCCCCCCCCCCCC(=O)NC(CO)C(O)CCCCCCCCCCCCCCCCC. The zero-order valence-electron chi connectivity index (χ0n) is 38.3. The van der Waals surface area contributed by atoms with Crippen LogP contribution in [0, 0.1) is 0 Å². The Bertz CT molecular complexity index is 847. The van der Waals surface area contributed by atoms with Crippen molar-refractivity contribution in [3.63, 3.8) is 0 Å². The van der Waals surface area contributed by atoms with E-state index in [9.17, 15) is 19.8 Å². The lowest BCUT2D eigenvalue weighted by Gasteiger charge is -2.22. The van der Waals surface area contributed by atoms with E-state index in [0.717, 1.165) is 51.4 Å². The van der Waals surface area contributed by atoms with E-state index in [1.54, 1.807) is 0 Å². The molecule has 3 N–H and O–H groups in total. The molecule has 0 aromatic carbocycles. The van der Waals surface area contributed by atoms with Crippen LogP contribution in [0.1, 0.15) is 277 Å². The Labute approximate surface area is 355 Å². The van der Waals surface area contributed by atoms with Gasteiger partial charge >= 0.3 is 5.97 Å². The standard InChI is InChI=1S/C51H99NO5/c1-3-5-7-9-11-13-15-16-17-20-24-27-31-35-39-43-49(54)48(47-53)52-50(55)44-40-36-32-28-25-21-18-19-22-26-30-34-38-42-46-57-51(56)45-41-37-33-29-23-14-12-10-8-6-4-2/h10,12,48-49,53-54H,3-9,11,13-47H2,1-2H3,(H,52,55)/b12-10-. The molecule has 0 aliphatic rings. The molecule has 0 bridgehead atoms. The van der Waals surface area contributed by atoms with Crippen molar-refractivity contribution in [2.45, 2.75) is 289 Å². The van der Waals surface area contributed by atoms with Gasteiger partial charge in [0.25, 0.3) is 0 Å². The number of ether oxygens (including phenoxy) is 1. The van der Waals surface area contributed by atoms with Crippen LogP contribution in [0.2, 0.25) is 0 Å². The molecule has 0 heterocycles. The summed E-state index contributed by atoms with van der Waals surface area (Å²) in [5.74, 6) is -0.0579. The number of amides is 1. The number of aliphatic hydroxyl groups is 2. The fourth-order valence-corrected chi connectivity index (χ4v) is 7.86. The maximum Gasteiger partial charge on any atom is 0.305 e. The van der Waals surface area contributed by atoms with E-state index in [4.69, 9.17) is 4.74 Å². The van der Waals surface area contributed by atoms with Crippen molar-refractivity contribution in [2.75, 3.05) is 13.2 Å². The monoisotopic (exact) mass is 806 g/mol. The molecule has 338 valence electrons. The summed E-state index contributed by atoms with van der Waals surface area (Å²) in [6, 6.07) is -0.548. The molecule has 0 spiro atoms. The molecule has 2 atom stereocenters. The van der Waals surface area contributed by atoms with Gasteiger partial charge in [-0.05, 0) is 44.9 Å². The highest BCUT2D eigenvalue weighted by Gasteiger charge is 2.20. The maximum absolute atomic E-state index is 12.4. The number of unbranched alkanes of at least 4 members (excludes halogenated alkanes) is 34. The van der Waals surface area contributed by atoms with Crippen molar-refractivity contribution in [1.29, 1.82) is 0 Å². The van der Waals surface area contributed by atoms with Gasteiger partial charge in [-0.15, -0.1) is 0 Å². The molecule has 2 unspecified atom stereocenters. The Morgan fingerprint density at radius 3 is 1.30 bits per heavy atom. The summed E-state index contributed by atoms with van der Waals surface area (Å²) >= 11 is 0. The van der Waals surface area contributed by atoms with Gasteiger partial charge < -0.3 is 20.3 Å². The minimum atomic E-state index is -0.670. The van der Waals surface area contributed by atoms with Crippen LogP contribution < -0.4 is 5.32 Å². The molecule has 0 aromatic rings. The highest BCUT2D eigenvalue weighted by atomic mass is 16.5. The lowest BCUT2D eigenvalue weighted by molar-refractivity contribution is -0.143. The van der Waals surface area contributed by atoms with E-state index in [2.05, 4.69) is 31.3 Å². The lowest BCUT2D eigenvalue weighted by atomic mass is 10.0. The van der Waals surface area contributed by atoms with Crippen molar-refractivity contribution in [2.24, 2.45) is 0 Å². The van der Waals surface area contributed by atoms with Crippen LogP contribution in [0.5, 0.6) is 0 Å². The predicted molar refractivity (Wildman–Crippen MR) is 246 cm³/mol. The summed E-state index contributed by atoms with van der Waals surface area (Å²) < 4.78 is 5.44. The van der Waals surface area contributed by atoms with Crippen LogP contribution in [0.3, 0.4) is 0 Å². The second-order valence-electron chi connectivity index (χ2n) is 17.5. The summed E-state index contributed by atoms with van der Waals surface area (Å²) in [5, 5.41) is 23.2. The Balaban J connectivity index is 3.45. The number of carbonyl (C=O) groups excluding carboxylic acids is 2. The Kier molecular flexibility index (Phi) is 46.1. The van der Waals surface area contributed by atoms with Gasteiger partial charge in [-0.1, -0.05) is 231 Å². The summed E-state index contributed by atoms with van der Waals surface area (Å²) in [4.78, 5) is 24.4. The van der Waals surface area contributed by atoms with Gasteiger partial charge in [0, 0.05) is 12.8 Å². The van der Waals surface area contributed by atoms with Gasteiger partial charge in [0.2, 0.25) is 5.91 Å². The van der Waals surface area contributed by atoms with E-state index >= 15 is 0 Å². The number of esters is 1. The molecule has 0 rings (SSSR count). The summed E-state index contributed by atoms with van der Waals surface area (Å²) in [5.41, 5.74) is 0. The molecule has 0 aromatic heterocycles. The molecule has 0 saturated heterocycles. The number of carbonyl (C=O) groups is 2. The summed E-state index contributed by atoms with van der Waals surface area (Å²) in [6.45, 7) is 4.89. The quantitative estimate of drug-likeness (QED) is 0.0323. The van der Waals surface area contributed by atoms with E-state index in [1.165, 1.54) is 193 Å². The molecule has 6 nitrogen and oxygen atoms in total. The van der Waals surface area contributed by atoms with Gasteiger partial charge in [0.05, 0.1) is 25.4 Å². The maximum atomic E-state index is 12.4. The predicted octanol–water partition coefficient (Wildman–Crippen LogP) is 15.0. The van der Waals surface area contributed by atoms with Gasteiger partial charge in [-0.25, -0.2) is 0 Å². The minimum absolute atomic E-state index is 0.0131. The normalized spacial score (nSPS) is 12.7. The lowest BCUT2D eigenvalue weighted by Crippen LogP contribution is -2.45. The van der Waals surface area contributed by atoms with Gasteiger partial charge in [0.1, 0.15) is 0 Å².